The highest BCUT2D eigenvalue weighted by atomic mass is 32.2. The molecule has 1 aliphatic heterocycles. The fourth-order valence-electron chi connectivity index (χ4n) is 2.81. The van der Waals surface area contributed by atoms with Gasteiger partial charge in [-0.1, -0.05) is 24.3 Å². The van der Waals surface area contributed by atoms with Gasteiger partial charge in [0, 0.05) is 17.9 Å². The summed E-state index contributed by atoms with van der Waals surface area (Å²) in [6, 6.07) is 14.4. The number of para-hydroxylation sites is 1. The Bertz CT molecular complexity index is 722. The molecule has 0 N–H and O–H groups in total. The highest BCUT2D eigenvalue weighted by Gasteiger charge is 2.20. The zero-order valence-corrected chi connectivity index (χ0v) is 14.5. The third-order valence-corrected chi connectivity index (χ3v) is 5.17. The first-order chi connectivity index (χ1) is 12.1. The molecule has 2 aromatic rings. The van der Waals surface area contributed by atoms with Crippen molar-refractivity contribution in [1.29, 1.82) is 0 Å². The number of rotatable bonds is 5. The zero-order chi connectivity index (χ0) is 17.6. The van der Waals surface area contributed by atoms with Gasteiger partial charge in [-0.15, -0.1) is 11.8 Å². The van der Waals surface area contributed by atoms with Gasteiger partial charge in [-0.25, -0.2) is 0 Å². The molecular formula is C19H19F2NO2S. The summed E-state index contributed by atoms with van der Waals surface area (Å²) < 4.78 is 28.7. The second-order valence-corrected chi connectivity index (χ2v) is 6.87. The number of nitrogens with zero attached hydrogens (tertiary/aromatic N) is 1. The Morgan fingerprint density at radius 1 is 1.16 bits per heavy atom. The molecule has 3 rings (SSSR count). The number of fused-ring (bicyclic) bond motifs is 1. The van der Waals surface area contributed by atoms with Crippen LogP contribution >= 0.6 is 11.8 Å². The SMILES string of the molecule is O=C(CCc1ccc(OC(F)F)cc1)N1CCCSc2ccccc21. The van der Waals surface area contributed by atoms with Crippen LogP contribution < -0.4 is 9.64 Å². The first kappa shape index (κ1) is 17.7. The van der Waals surface area contributed by atoms with Crippen LogP contribution in [-0.2, 0) is 11.2 Å². The zero-order valence-electron chi connectivity index (χ0n) is 13.7. The van der Waals surface area contributed by atoms with Gasteiger partial charge in [-0.2, -0.15) is 8.78 Å². The number of alkyl halides is 2. The maximum absolute atomic E-state index is 12.7. The fourth-order valence-corrected chi connectivity index (χ4v) is 3.80. The Morgan fingerprint density at radius 3 is 2.68 bits per heavy atom. The van der Waals surface area contributed by atoms with Crippen LogP contribution in [0.25, 0.3) is 0 Å². The van der Waals surface area contributed by atoms with E-state index in [0.29, 0.717) is 12.8 Å². The number of carbonyl (C=O) groups is 1. The summed E-state index contributed by atoms with van der Waals surface area (Å²) in [4.78, 5) is 15.7. The van der Waals surface area contributed by atoms with Crippen LogP contribution in [0.3, 0.4) is 0 Å². The quantitative estimate of drug-likeness (QED) is 0.768. The fraction of sp³-hybridized carbons (Fsp3) is 0.316. The molecule has 0 saturated carbocycles. The second-order valence-electron chi connectivity index (χ2n) is 5.74. The molecule has 0 aromatic heterocycles. The van der Waals surface area contributed by atoms with Gasteiger partial charge in [0.05, 0.1) is 5.69 Å². The number of hydrogen-bond acceptors (Lipinski definition) is 3. The lowest BCUT2D eigenvalue weighted by Gasteiger charge is -2.22. The summed E-state index contributed by atoms with van der Waals surface area (Å²) in [5, 5.41) is 0. The number of aryl methyl sites for hydroxylation is 1. The van der Waals surface area contributed by atoms with E-state index in [1.807, 2.05) is 29.2 Å². The lowest BCUT2D eigenvalue weighted by atomic mass is 10.1. The van der Waals surface area contributed by atoms with Gasteiger partial charge in [-0.3, -0.25) is 4.79 Å². The molecule has 1 aliphatic rings. The largest absolute Gasteiger partial charge is 0.435 e. The van der Waals surface area contributed by atoms with Crippen LogP contribution in [0.4, 0.5) is 14.5 Å². The van der Waals surface area contributed by atoms with E-state index >= 15 is 0 Å². The van der Waals surface area contributed by atoms with Crippen molar-refractivity contribution in [3.63, 3.8) is 0 Å². The molecule has 1 amide bonds. The van der Waals surface area contributed by atoms with Gasteiger partial charge in [0.1, 0.15) is 5.75 Å². The summed E-state index contributed by atoms with van der Waals surface area (Å²) in [6.07, 6.45) is 1.92. The van der Waals surface area contributed by atoms with Crippen LogP contribution in [0.2, 0.25) is 0 Å². The van der Waals surface area contributed by atoms with Crippen LogP contribution in [-0.4, -0.2) is 24.8 Å². The van der Waals surface area contributed by atoms with E-state index in [-0.39, 0.29) is 11.7 Å². The van der Waals surface area contributed by atoms with E-state index in [0.717, 1.165) is 34.9 Å². The minimum atomic E-state index is -2.83. The number of benzene rings is 2. The van der Waals surface area contributed by atoms with E-state index in [4.69, 9.17) is 0 Å². The van der Waals surface area contributed by atoms with Crippen molar-refractivity contribution < 1.29 is 18.3 Å². The van der Waals surface area contributed by atoms with Gasteiger partial charge in [-0.05, 0) is 48.4 Å². The molecule has 0 spiro atoms. The smallest absolute Gasteiger partial charge is 0.387 e. The van der Waals surface area contributed by atoms with Gasteiger partial charge in [0.25, 0.3) is 0 Å². The Morgan fingerprint density at radius 2 is 1.92 bits per heavy atom. The van der Waals surface area contributed by atoms with Gasteiger partial charge >= 0.3 is 6.61 Å². The number of thioether (sulfide) groups is 1. The van der Waals surface area contributed by atoms with E-state index in [1.165, 1.54) is 12.1 Å². The Balaban J connectivity index is 1.63. The molecule has 2 aromatic carbocycles. The van der Waals surface area contributed by atoms with Crippen LogP contribution in [0.15, 0.2) is 53.4 Å². The lowest BCUT2D eigenvalue weighted by molar-refractivity contribution is -0.118. The molecule has 3 nitrogen and oxygen atoms in total. The summed E-state index contributed by atoms with van der Waals surface area (Å²) >= 11 is 1.78. The predicted octanol–water partition coefficient (Wildman–Crippen LogP) is 4.75. The van der Waals surface area contributed by atoms with E-state index in [9.17, 15) is 13.6 Å². The molecule has 0 radical (unpaired) electrons. The number of amides is 1. The Kier molecular flexibility index (Phi) is 5.91. The summed E-state index contributed by atoms with van der Waals surface area (Å²) in [6.45, 7) is -2.10. The van der Waals surface area contributed by atoms with Crippen molar-refractivity contribution in [1.82, 2.24) is 0 Å². The van der Waals surface area contributed by atoms with Gasteiger partial charge in [0.2, 0.25) is 5.91 Å². The van der Waals surface area contributed by atoms with Gasteiger partial charge < -0.3 is 9.64 Å². The number of hydrogen-bond donors (Lipinski definition) is 0. The van der Waals surface area contributed by atoms with Crippen molar-refractivity contribution in [2.45, 2.75) is 30.8 Å². The third-order valence-electron chi connectivity index (χ3n) is 4.02. The van der Waals surface area contributed by atoms with E-state index < -0.39 is 6.61 Å². The predicted molar refractivity (Wildman–Crippen MR) is 95.5 cm³/mol. The first-order valence-electron chi connectivity index (χ1n) is 8.19. The Hall–Kier alpha value is -2.08. The monoisotopic (exact) mass is 363 g/mol. The number of ether oxygens (including phenoxy) is 1. The topological polar surface area (TPSA) is 29.5 Å². The number of carbonyl (C=O) groups excluding carboxylic acids is 1. The summed E-state index contributed by atoms with van der Waals surface area (Å²) in [5.74, 6) is 1.22. The van der Waals surface area contributed by atoms with Crippen LogP contribution in [0.1, 0.15) is 18.4 Å². The van der Waals surface area contributed by atoms with E-state index in [2.05, 4.69) is 4.74 Å². The van der Waals surface area contributed by atoms with Crippen molar-refractivity contribution >= 4 is 23.4 Å². The molecule has 0 saturated heterocycles. The van der Waals surface area contributed by atoms with Crippen molar-refractivity contribution in [2.75, 3.05) is 17.2 Å². The highest BCUT2D eigenvalue weighted by molar-refractivity contribution is 7.99. The average molecular weight is 363 g/mol. The van der Waals surface area contributed by atoms with Crippen molar-refractivity contribution in [3.05, 3.63) is 54.1 Å². The lowest BCUT2D eigenvalue weighted by Crippen LogP contribution is -2.31. The standard InChI is InChI=1S/C19H19F2NO2S/c20-19(21)24-15-9-6-14(7-10-15)8-11-18(23)22-12-3-13-25-17-5-2-1-4-16(17)22/h1-2,4-7,9-10,19H,3,8,11-13H2. The van der Waals surface area contributed by atoms with Crippen LogP contribution in [0, 0.1) is 0 Å². The molecule has 0 fully saturated rings. The minimum Gasteiger partial charge on any atom is -0.435 e. The molecule has 0 bridgehead atoms. The molecule has 0 aliphatic carbocycles. The molecule has 132 valence electrons. The maximum atomic E-state index is 12.7. The van der Waals surface area contributed by atoms with E-state index in [1.54, 1.807) is 23.9 Å². The minimum absolute atomic E-state index is 0.0860. The summed E-state index contributed by atoms with van der Waals surface area (Å²) in [7, 11) is 0. The molecule has 25 heavy (non-hydrogen) atoms. The molecular weight excluding hydrogens is 344 g/mol. The van der Waals surface area contributed by atoms with Gasteiger partial charge in [0.15, 0.2) is 0 Å². The second kappa shape index (κ2) is 8.34. The maximum Gasteiger partial charge on any atom is 0.387 e. The third kappa shape index (κ3) is 4.72. The van der Waals surface area contributed by atoms with Crippen molar-refractivity contribution in [2.24, 2.45) is 0 Å². The normalized spacial score (nSPS) is 14.1. The molecule has 1 heterocycles. The van der Waals surface area contributed by atoms with Crippen molar-refractivity contribution in [3.8, 4) is 5.75 Å². The highest BCUT2D eigenvalue weighted by Crippen LogP contribution is 2.33. The number of anilines is 1. The average Bonchev–Trinajstić information content (AvgIpc) is 2.83. The molecule has 0 unspecified atom stereocenters. The Labute approximate surface area is 150 Å². The molecule has 0 atom stereocenters. The molecule has 6 heteroatoms. The van der Waals surface area contributed by atoms with Crippen LogP contribution in [0.5, 0.6) is 5.75 Å². The summed E-state index contributed by atoms with van der Waals surface area (Å²) in [5.41, 5.74) is 1.91. The number of halogens is 2. The first-order valence-corrected chi connectivity index (χ1v) is 9.18.